The molecule has 0 bridgehead atoms. The van der Waals surface area contributed by atoms with E-state index in [9.17, 15) is 27.8 Å². The molecular formula is C28H42FN5O13S. The van der Waals surface area contributed by atoms with Crippen molar-refractivity contribution >= 4 is 28.0 Å². The van der Waals surface area contributed by atoms with Crippen LogP contribution in [0.5, 0.6) is 0 Å². The first-order valence-corrected chi connectivity index (χ1v) is 16.4. The maximum atomic E-state index is 13.7. The quantitative estimate of drug-likeness (QED) is 0.0613. The van der Waals surface area contributed by atoms with Gasteiger partial charge in [-0.1, -0.05) is 26.0 Å². The number of anilines is 1. The van der Waals surface area contributed by atoms with Crippen molar-refractivity contribution in [1.29, 1.82) is 0 Å². The highest BCUT2D eigenvalue weighted by Gasteiger charge is 2.23. The fourth-order valence-corrected chi connectivity index (χ4v) is 4.42. The number of ether oxygens (including phenoxy) is 2. The van der Waals surface area contributed by atoms with Gasteiger partial charge in [-0.15, -0.1) is 0 Å². The SMILES string of the molecule is CC(C)c1nc(N(C)S(C)(=O)=O)nc(-c2ccc(F)cc2)c1/C=C/C(O)CC(O)CC(=O)OCC(COCCCON(O)O)ON(O)O. The monoisotopic (exact) mass is 707 g/mol. The van der Waals surface area contributed by atoms with Crippen molar-refractivity contribution in [2.45, 2.75) is 57.3 Å². The molecule has 0 radical (unpaired) electrons. The number of rotatable bonds is 21. The molecule has 0 spiro atoms. The molecule has 0 aliphatic heterocycles. The molecule has 3 unspecified atom stereocenters. The molecule has 6 N–H and O–H groups in total. The van der Waals surface area contributed by atoms with E-state index in [0.29, 0.717) is 16.8 Å². The number of esters is 1. The lowest BCUT2D eigenvalue weighted by molar-refractivity contribution is -0.507. The van der Waals surface area contributed by atoms with Crippen LogP contribution in [0.2, 0.25) is 0 Å². The zero-order valence-corrected chi connectivity index (χ0v) is 27.6. The molecule has 0 aliphatic rings. The second-order valence-electron chi connectivity index (χ2n) is 10.8. The number of aromatic nitrogens is 2. The summed E-state index contributed by atoms with van der Waals surface area (Å²) in [7, 11) is -2.42. The van der Waals surface area contributed by atoms with Gasteiger partial charge in [-0.2, -0.15) is 0 Å². The van der Waals surface area contributed by atoms with Crippen LogP contribution in [0.15, 0.2) is 30.3 Å². The lowest BCUT2D eigenvalue weighted by atomic mass is 9.97. The summed E-state index contributed by atoms with van der Waals surface area (Å²) in [6, 6.07) is 5.37. The third-order valence-electron chi connectivity index (χ3n) is 6.42. The van der Waals surface area contributed by atoms with Crippen LogP contribution >= 0.6 is 0 Å². The van der Waals surface area contributed by atoms with Crippen molar-refractivity contribution in [1.82, 2.24) is 20.7 Å². The molecule has 2 aromatic rings. The average Bonchev–Trinajstić information content (AvgIpc) is 2.99. The number of carbonyl (C=O) groups is 1. The molecule has 18 nitrogen and oxygen atoms in total. The summed E-state index contributed by atoms with van der Waals surface area (Å²) >= 11 is 0. The van der Waals surface area contributed by atoms with Crippen molar-refractivity contribution < 1.29 is 67.8 Å². The Bertz CT molecular complexity index is 1430. The van der Waals surface area contributed by atoms with E-state index in [1.54, 1.807) is 0 Å². The molecule has 3 atom stereocenters. The van der Waals surface area contributed by atoms with Crippen molar-refractivity contribution in [2.75, 3.05) is 44.0 Å². The van der Waals surface area contributed by atoms with E-state index in [1.807, 2.05) is 13.8 Å². The average molecular weight is 708 g/mol. The summed E-state index contributed by atoms with van der Waals surface area (Å²) in [6.45, 7) is 2.81. The van der Waals surface area contributed by atoms with Crippen LogP contribution in [0.3, 0.4) is 0 Å². The number of benzene rings is 1. The van der Waals surface area contributed by atoms with Gasteiger partial charge in [0.05, 0.1) is 60.3 Å². The minimum atomic E-state index is -3.72. The van der Waals surface area contributed by atoms with Crippen molar-refractivity contribution in [2.24, 2.45) is 0 Å². The summed E-state index contributed by atoms with van der Waals surface area (Å²) in [4.78, 5) is 30.2. The summed E-state index contributed by atoms with van der Waals surface area (Å²) in [5.74, 6) is -1.74. The van der Waals surface area contributed by atoms with Gasteiger partial charge in [-0.3, -0.25) is 30.5 Å². The lowest BCUT2D eigenvalue weighted by Gasteiger charge is -2.20. The van der Waals surface area contributed by atoms with Gasteiger partial charge in [0.25, 0.3) is 0 Å². The first kappa shape index (κ1) is 40.9. The molecular weight excluding hydrogens is 665 g/mol. The Hall–Kier alpha value is -3.25. The number of hydrogen-bond acceptors (Lipinski definition) is 17. The Balaban J connectivity index is 2.10. The first-order chi connectivity index (χ1) is 22.5. The minimum absolute atomic E-state index is 0.0423. The van der Waals surface area contributed by atoms with Crippen LogP contribution in [-0.4, -0.2) is 124 Å². The summed E-state index contributed by atoms with van der Waals surface area (Å²) in [6.07, 6.45) is -0.573. The molecule has 48 heavy (non-hydrogen) atoms. The number of carbonyl (C=O) groups excluding carboxylic acids is 1. The Morgan fingerprint density at radius 2 is 1.69 bits per heavy atom. The maximum Gasteiger partial charge on any atom is 0.308 e. The normalized spacial score (nSPS) is 14.2. The zero-order valence-electron chi connectivity index (χ0n) is 26.8. The van der Waals surface area contributed by atoms with Crippen LogP contribution in [0.4, 0.5) is 10.3 Å². The fraction of sp³-hybridized carbons (Fsp3) is 0.536. The second-order valence-corrected chi connectivity index (χ2v) is 12.8. The molecule has 0 fully saturated rings. The number of aliphatic hydroxyl groups excluding tert-OH is 2. The summed E-state index contributed by atoms with van der Waals surface area (Å²) in [5, 5.41) is 54.8. The molecule has 1 aromatic heterocycles. The van der Waals surface area contributed by atoms with E-state index in [-0.39, 0.29) is 50.2 Å². The number of halogens is 1. The molecule has 0 saturated heterocycles. The van der Waals surface area contributed by atoms with E-state index in [0.717, 1.165) is 10.6 Å². The largest absolute Gasteiger partial charge is 0.463 e. The Morgan fingerprint density at radius 3 is 2.27 bits per heavy atom. The summed E-state index contributed by atoms with van der Waals surface area (Å²) in [5.41, 5.74) is 1.57. The van der Waals surface area contributed by atoms with Crippen LogP contribution < -0.4 is 4.31 Å². The first-order valence-electron chi connectivity index (χ1n) is 14.5. The van der Waals surface area contributed by atoms with E-state index in [2.05, 4.69) is 19.6 Å². The Kier molecular flexibility index (Phi) is 16.8. The fourth-order valence-electron chi connectivity index (χ4n) is 4.05. The Labute approximate surface area is 276 Å². The highest BCUT2D eigenvalue weighted by Crippen LogP contribution is 2.31. The van der Waals surface area contributed by atoms with Crippen LogP contribution in [-0.2, 0) is 34.0 Å². The van der Waals surface area contributed by atoms with Crippen molar-refractivity contribution in [3.05, 3.63) is 47.4 Å². The van der Waals surface area contributed by atoms with E-state index < -0.39 is 63.9 Å². The lowest BCUT2D eigenvalue weighted by Crippen LogP contribution is -2.33. The number of nitrogens with zero attached hydrogens (tertiary/aromatic N) is 5. The third-order valence-corrected chi connectivity index (χ3v) is 7.58. The van der Waals surface area contributed by atoms with Crippen molar-refractivity contribution in [3.8, 4) is 11.3 Å². The van der Waals surface area contributed by atoms with Gasteiger partial charge < -0.3 is 19.7 Å². The van der Waals surface area contributed by atoms with Gasteiger partial charge in [-0.05, 0) is 36.6 Å². The number of aliphatic hydroxyl groups is 2. The summed E-state index contributed by atoms with van der Waals surface area (Å²) < 4.78 is 49.3. The van der Waals surface area contributed by atoms with Crippen molar-refractivity contribution in [3.63, 3.8) is 0 Å². The molecule has 1 heterocycles. The van der Waals surface area contributed by atoms with Gasteiger partial charge in [-0.25, -0.2) is 31.9 Å². The van der Waals surface area contributed by atoms with E-state index in [4.69, 9.17) is 30.3 Å². The van der Waals surface area contributed by atoms with Gasteiger partial charge >= 0.3 is 5.97 Å². The standard InChI is InChI=1S/C28H42FN5O13S/c1-18(2)26-24(27(19-6-8-20(29)9-7-19)31-28(30-26)32(3)48(4,42)43)11-10-21(35)14-22(36)15-25(37)45-17-23(47-34(40)41)16-44-12-5-13-46-33(38)39/h6-11,18,21-23,35-36,38-41H,5,12-17H2,1-4H3/b11-10+. The number of hydrogen-bond donors (Lipinski definition) is 6. The predicted molar refractivity (Wildman–Crippen MR) is 163 cm³/mol. The topological polar surface area (TPSA) is 245 Å². The molecule has 2 rings (SSSR count). The van der Waals surface area contributed by atoms with Crippen LogP contribution in [0, 0.1) is 5.82 Å². The highest BCUT2D eigenvalue weighted by molar-refractivity contribution is 7.92. The number of sulfonamides is 1. The third kappa shape index (κ3) is 14.5. The highest BCUT2D eigenvalue weighted by atomic mass is 32.2. The molecule has 0 amide bonds. The van der Waals surface area contributed by atoms with Gasteiger partial charge in [0, 0.05) is 31.2 Å². The van der Waals surface area contributed by atoms with E-state index >= 15 is 0 Å². The molecule has 1 aromatic carbocycles. The minimum Gasteiger partial charge on any atom is -0.463 e. The molecule has 20 heteroatoms. The van der Waals surface area contributed by atoms with Crippen LogP contribution in [0.25, 0.3) is 17.3 Å². The zero-order chi connectivity index (χ0) is 36.0. The maximum absolute atomic E-state index is 13.7. The predicted octanol–water partition coefficient (Wildman–Crippen LogP) is 1.66. The second kappa shape index (κ2) is 19.7. The Morgan fingerprint density at radius 1 is 1.02 bits per heavy atom. The van der Waals surface area contributed by atoms with Crippen LogP contribution in [0.1, 0.15) is 50.3 Å². The molecule has 0 aliphatic carbocycles. The van der Waals surface area contributed by atoms with Gasteiger partial charge in [0.1, 0.15) is 18.5 Å². The molecule has 0 saturated carbocycles. The van der Waals surface area contributed by atoms with Gasteiger partial charge in [0.15, 0.2) is 0 Å². The van der Waals surface area contributed by atoms with E-state index in [1.165, 1.54) is 43.5 Å². The smallest absolute Gasteiger partial charge is 0.308 e. The molecule has 270 valence electrons. The van der Waals surface area contributed by atoms with Gasteiger partial charge in [0.2, 0.25) is 16.0 Å².